The molecule has 1 aliphatic rings. The number of benzene rings is 1. The zero-order valence-corrected chi connectivity index (χ0v) is 15.9. The first-order chi connectivity index (χ1) is 12.0. The third-order valence-electron chi connectivity index (χ3n) is 4.26. The summed E-state index contributed by atoms with van der Waals surface area (Å²) in [6.07, 6.45) is 0.949. The zero-order valence-electron chi connectivity index (χ0n) is 15.1. The lowest BCUT2D eigenvalue weighted by Gasteiger charge is -2.28. The molecule has 3 rings (SSSR count). The molecule has 0 bridgehead atoms. The molecule has 0 spiro atoms. The van der Waals surface area contributed by atoms with Crippen LogP contribution in [0, 0.1) is 13.8 Å². The number of aryl methyl sites for hydroxylation is 2. The first-order valence-corrected chi connectivity index (χ1v) is 9.52. The summed E-state index contributed by atoms with van der Waals surface area (Å²) in [6.45, 7) is 8.54. The molecule has 0 unspecified atom stereocenters. The van der Waals surface area contributed by atoms with Gasteiger partial charge in [0.2, 0.25) is 0 Å². The van der Waals surface area contributed by atoms with Crippen molar-refractivity contribution in [3.8, 4) is 0 Å². The number of para-hydroxylation sites is 1. The minimum Gasteiger partial charge on any atom is -0.361 e. The first kappa shape index (κ1) is 17.7. The summed E-state index contributed by atoms with van der Waals surface area (Å²) in [5.74, 6) is 1.82. The highest BCUT2D eigenvalue weighted by molar-refractivity contribution is 8.13. The number of amidine groups is 1. The van der Waals surface area contributed by atoms with Crippen LogP contribution in [0.4, 0.5) is 5.69 Å². The van der Waals surface area contributed by atoms with E-state index >= 15 is 0 Å². The maximum Gasteiger partial charge on any atom is 0.265 e. The Morgan fingerprint density at radius 1 is 1.32 bits per heavy atom. The van der Waals surface area contributed by atoms with E-state index in [1.165, 1.54) is 5.56 Å². The fraction of sp³-hybridized carbons (Fsp3) is 0.421. The first-order valence-electron chi connectivity index (χ1n) is 8.54. The molecule has 0 saturated carbocycles. The van der Waals surface area contributed by atoms with Gasteiger partial charge in [0.1, 0.15) is 11.3 Å². The van der Waals surface area contributed by atoms with E-state index in [2.05, 4.69) is 25.1 Å². The molecule has 6 heteroatoms. The minimum absolute atomic E-state index is 0.0794. The number of carbonyl (C=O) groups excluding carboxylic acids is 1. The number of hydrogen-bond acceptors (Lipinski definition) is 5. The minimum atomic E-state index is -0.0794. The van der Waals surface area contributed by atoms with Crippen molar-refractivity contribution in [2.75, 3.05) is 12.3 Å². The van der Waals surface area contributed by atoms with Crippen LogP contribution < -0.4 is 0 Å². The molecule has 1 aromatic carbocycles. The summed E-state index contributed by atoms with van der Waals surface area (Å²) in [7, 11) is 0. The summed E-state index contributed by atoms with van der Waals surface area (Å²) in [6, 6.07) is 8.12. The third kappa shape index (κ3) is 3.63. The SMILES string of the molecule is Cc1noc(C)c1C(=O)N1CCCSC1=Nc1ccccc1C(C)C. The smallest absolute Gasteiger partial charge is 0.265 e. The van der Waals surface area contributed by atoms with Crippen LogP contribution in [-0.4, -0.2) is 33.4 Å². The van der Waals surface area contributed by atoms with E-state index in [9.17, 15) is 4.79 Å². The fourth-order valence-electron chi connectivity index (χ4n) is 2.94. The molecular weight excluding hydrogens is 334 g/mol. The van der Waals surface area contributed by atoms with Crippen LogP contribution in [0.15, 0.2) is 33.8 Å². The zero-order chi connectivity index (χ0) is 18.0. The van der Waals surface area contributed by atoms with Crippen molar-refractivity contribution in [1.82, 2.24) is 10.1 Å². The van der Waals surface area contributed by atoms with Crippen molar-refractivity contribution >= 4 is 28.5 Å². The maximum atomic E-state index is 13.1. The Balaban J connectivity index is 1.98. The molecule has 0 radical (unpaired) electrons. The van der Waals surface area contributed by atoms with Crippen molar-refractivity contribution in [3.05, 3.63) is 46.8 Å². The molecule has 1 saturated heterocycles. The number of hydrogen-bond donors (Lipinski definition) is 0. The van der Waals surface area contributed by atoms with Crippen LogP contribution in [0.2, 0.25) is 0 Å². The number of aromatic nitrogens is 1. The normalized spacial score (nSPS) is 16.7. The van der Waals surface area contributed by atoms with Gasteiger partial charge in [-0.05, 0) is 37.8 Å². The van der Waals surface area contributed by atoms with E-state index in [0.29, 0.717) is 29.5 Å². The molecule has 1 aliphatic heterocycles. The van der Waals surface area contributed by atoms with E-state index in [4.69, 9.17) is 9.52 Å². The number of nitrogens with zero attached hydrogens (tertiary/aromatic N) is 3. The molecule has 25 heavy (non-hydrogen) atoms. The lowest BCUT2D eigenvalue weighted by molar-refractivity contribution is 0.0847. The van der Waals surface area contributed by atoms with Gasteiger partial charge in [-0.2, -0.15) is 0 Å². The molecule has 0 atom stereocenters. The van der Waals surface area contributed by atoms with E-state index < -0.39 is 0 Å². The summed E-state index contributed by atoms with van der Waals surface area (Å²) in [4.78, 5) is 19.7. The molecule has 1 fully saturated rings. The predicted octanol–water partition coefficient (Wildman–Crippen LogP) is 4.68. The Morgan fingerprint density at radius 2 is 2.08 bits per heavy atom. The summed E-state index contributed by atoms with van der Waals surface area (Å²) < 4.78 is 5.17. The number of aliphatic imine (C=N–C) groups is 1. The molecule has 2 heterocycles. The van der Waals surface area contributed by atoms with Crippen molar-refractivity contribution in [1.29, 1.82) is 0 Å². The molecular formula is C19H23N3O2S. The summed E-state index contributed by atoms with van der Waals surface area (Å²) in [5.41, 5.74) is 3.29. The number of amides is 1. The van der Waals surface area contributed by atoms with Gasteiger partial charge < -0.3 is 4.52 Å². The number of rotatable bonds is 3. The van der Waals surface area contributed by atoms with E-state index in [0.717, 1.165) is 23.0 Å². The quantitative estimate of drug-likeness (QED) is 0.800. The highest BCUT2D eigenvalue weighted by Crippen LogP contribution is 2.30. The van der Waals surface area contributed by atoms with Crippen LogP contribution in [0.5, 0.6) is 0 Å². The third-order valence-corrected chi connectivity index (χ3v) is 5.32. The highest BCUT2D eigenvalue weighted by atomic mass is 32.2. The van der Waals surface area contributed by atoms with E-state index in [1.807, 2.05) is 18.2 Å². The highest BCUT2D eigenvalue weighted by Gasteiger charge is 2.29. The monoisotopic (exact) mass is 357 g/mol. The standard InChI is InChI=1S/C19H23N3O2S/c1-12(2)15-8-5-6-9-16(15)20-19-22(10-7-11-25-19)18(23)17-13(3)21-24-14(17)4/h5-6,8-9,12H,7,10-11H2,1-4H3. The molecule has 2 aromatic rings. The average molecular weight is 357 g/mol. The number of thioether (sulfide) groups is 1. The Morgan fingerprint density at radius 3 is 2.76 bits per heavy atom. The van der Waals surface area contributed by atoms with Crippen LogP contribution in [0.3, 0.4) is 0 Å². The second-order valence-corrected chi connectivity index (χ2v) is 7.53. The van der Waals surface area contributed by atoms with Gasteiger partial charge in [0.15, 0.2) is 5.17 Å². The van der Waals surface area contributed by atoms with Gasteiger partial charge in [0, 0.05) is 12.3 Å². The molecule has 1 amide bonds. The molecule has 132 valence electrons. The lowest BCUT2D eigenvalue weighted by atomic mass is 10.0. The predicted molar refractivity (Wildman–Crippen MR) is 102 cm³/mol. The van der Waals surface area contributed by atoms with Gasteiger partial charge in [-0.25, -0.2) is 4.99 Å². The van der Waals surface area contributed by atoms with Gasteiger partial charge in [0.05, 0.1) is 11.4 Å². The van der Waals surface area contributed by atoms with Crippen molar-refractivity contribution in [2.45, 2.75) is 40.0 Å². The Labute approximate surface area is 152 Å². The van der Waals surface area contributed by atoms with Crippen molar-refractivity contribution in [2.24, 2.45) is 4.99 Å². The fourth-order valence-corrected chi connectivity index (χ4v) is 3.89. The summed E-state index contributed by atoms with van der Waals surface area (Å²) >= 11 is 1.63. The molecule has 1 aromatic heterocycles. The van der Waals surface area contributed by atoms with Gasteiger partial charge in [-0.15, -0.1) is 0 Å². The van der Waals surface area contributed by atoms with E-state index in [1.54, 1.807) is 30.5 Å². The number of carbonyl (C=O) groups is 1. The van der Waals surface area contributed by atoms with Gasteiger partial charge >= 0.3 is 0 Å². The van der Waals surface area contributed by atoms with Gasteiger partial charge in [-0.1, -0.05) is 49.0 Å². The molecule has 0 N–H and O–H groups in total. The molecule has 5 nitrogen and oxygen atoms in total. The Hall–Kier alpha value is -2.08. The van der Waals surface area contributed by atoms with Gasteiger partial charge in [-0.3, -0.25) is 9.69 Å². The van der Waals surface area contributed by atoms with Gasteiger partial charge in [0.25, 0.3) is 5.91 Å². The second-order valence-electron chi connectivity index (χ2n) is 6.47. The van der Waals surface area contributed by atoms with Crippen LogP contribution in [-0.2, 0) is 0 Å². The summed E-state index contributed by atoms with van der Waals surface area (Å²) in [5, 5.41) is 4.66. The molecule has 0 aliphatic carbocycles. The van der Waals surface area contributed by atoms with E-state index in [-0.39, 0.29) is 5.91 Å². The lowest BCUT2D eigenvalue weighted by Crippen LogP contribution is -2.39. The average Bonchev–Trinajstić information content (AvgIpc) is 2.94. The topological polar surface area (TPSA) is 58.7 Å². The van der Waals surface area contributed by atoms with Crippen molar-refractivity contribution < 1.29 is 9.32 Å². The van der Waals surface area contributed by atoms with Crippen LogP contribution in [0.25, 0.3) is 0 Å². The Bertz CT molecular complexity index is 791. The van der Waals surface area contributed by atoms with Crippen LogP contribution in [0.1, 0.15) is 53.6 Å². The van der Waals surface area contributed by atoms with Crippen LogP contribution >= 0.6 is 11.8 Å². The Kier molecular flexibility index (Phi) is 5.27. The maximum absolute atomic E-state index is 13.1. The second kappa shape index (κ2) is 7.44. The van der Waals surface area contributed by atoms with Crippen molar-refractivity contribution in [3.63, 3.8) is 0 Å². The largest absolute Gasteiger partial charge is 0.361 e.